The Hall–Kier alpha value is -2.93. The SMILES string of the molecule is COC(=O)c1ccc(N(C(N)=S)N(C(=O)C2CCCCC2)c2ccccc2C)cc1. The Labute approximate surface area is 182 Å². The van der Waals surface area contributed by atoms with Gasteiger partial charge in [-0.2, -0.15) is 0 Å². The fourth-order valence-electron chi connectivity index (χ4n) is 3.85. The average Bonchev–Trinajstić information content (AvgIpc) is 2.77. The molecule has 6 nitrogen and oxygen atoms in total. The van der Waals surface area contributed by atoms with Crippen LogP contribution in [-0.2, 0) is 9.53 Å². The van der Waals surface area contributed by atoms with Gasteiger partial charge in [0.15, 0.2) is 5.11 Å². The molecule has 7 heteroatoms. The van der Waals surface area contributed by atoms with E-state index >= 15 is 0 Å². The lowest BCUT2D eigenvalue weighted by molar-refractivity contribution is -0.123. The van der Waals surface area contributed by atoms with Crippen molar-refractivity contribution in [3.05, 3.63) is 59.7 Å². The summed E-state index contributed by atoms with van der Waals surface area (Å²) in [5.41, 5.74) is 8.80. The van der Waals surface area contributed by atoms with E-state index in [0.29, 0.717) is 11.3 Å². The minimum atomic E-state index is -0.433. The second kappa shape index (κ2) is 9.71. The monoisotopic (exact) mass is 425 g/mol. The van der Waals surface area contributed by atoms with Gasteiger partial charge in [-0.1, -0.05) is 37.5 Å². The van der Waals surface area contributed by atoms with Crippen molar-refractivity contribution in [3.63, 3.8) is 0 Å². The van der Waals surface area contributed by atoms with Gasteiger partial charge in [0.2, 0.25) is 5.91 Å². The lowest BCUT2D eigenvalue weighted by Gasteiger charge is -2.38. The third kappa shape index (κ3) is 4.62. The maximum atomic E-state index is 13.7. The van der Waals surface area contributed by atoms with Crippen LogP contribution in [0.1, 0.15) is 48.0 Å². The summed E-state index contributed by atoms with van der Waals surface area (Å²) in [7, 11) is 1.33. The number of hydrogen-bond acceptors (Lipinski definition) is 4. The highest BCUT2D eigenvalue weighted by Gasteiger charge is 2.33. The maximum Gasteiger partial charge on any atom is 0.337 e. The van der Waals surface area contributed by atoms with Gasteiger partial charge >= 0.3 is 5.97 Å². The van der Waals surface area contributed by atoms with Crippen molar-refractivity contribution in [2.75, 3.05) is 17.1 Å². The predicted octanol–water partition coefficient (Wildman–Crippen LogP) is 4.36. The molecular weight excluding hydrogens is 398 g/mol. The molecule has 1 aliphatic rings. The van der Waals surface area contributed by atoms with Crippen molar-refractivity contribution in [2.45, 2.75) is 39.0 Å². The average molecular weight is 426 g/mol. The number of carbonyl (C=O) groups excluding carboxylic acids is 2. The smallest absolute Gasteiger partial charge is 0.337 e. The number of amides is 1. The molecule has 2 N–H and O–H groups in total. The number of carbonyl (C=O) groups is 2. The lowest BCUT2D eigenvalue weighted by atomic mass is 9.88. The fraction of sp³-hybridized carbons (Fsp3) is 0.348. The number of para-hydroxylation sites is 1. The van der Waals surface area contributed by atoms with Gasteiger partial charge in [0, 0.05) is 5.92 Å². The van der Waals surface area contributed by atoms with E-state index in [-0.39, 0.29) is 16.9 Å². The first-order valence-corrected chi connectivity index (χ1v) is 10.5. The molecule has 0 heterocycles. The van der Waals surface area contributed by atoms with Crippen LogP contribution in [0, 0.1) is 12.8 Å². The van der Waals surface area contributed by atoms with Crippen molar-refractivity contribution in [1.82, 2.24) is 0 Å². The van der Waals surface area contributed by atoms with E-state index in [2.05, 4.69) is 0 Å². The van der Waals surface area contributed by atoms with E-state index in [1.165, 1.54) is 7.11 Å². The number of methoxy groups -OCH3 is 1. The highest BCUT2D eigenvalue weighted by molar-refractivity contribution is 7.80. The van der Waals surface area contributed by atoms with Crippen LogP contribution in [0.4, 0.5) is 11.4 Å². The van der Waals surface area contributed by atoms with Gasteiger partial charge < -0.3 is 10.5 Å². The summed E-state index contributed by atoms with van der Waals surface area (Å²) in [5.74, 6) is -0.532. The van der Waals surface area contributed by atoms with Gasteiger partial charge in [-0.25, -0.2) is 14.8 Å². The van der Waals surface area contributed by atoms with Gasteiger partial charge in [-0.15, -0.1) is 0 Å². The molecule has 1 fully saturated rings. The van der Waals surface area contributed by atoms with Gasteiger partial charge in [-0.05, 0) is 67.9 Å². The van der Waals surface area contributed by atoms with E-state index in [1.54, 1.807) is 34.3 Å². The Morgan fingerprint density at radius 3 is 2.20 bits per heavy atom. The van der Waals surface area contributed by atoms with Crippen molar-refractivity contribution < 1.29 is 14.3 Å². The number of anilines is 2. The number of benzene rings is 2. The minimum Gasteiger partial charge on any atom is -0.465 e. The first-order valence-electron chi connectivity index (χ1n) is 10.1. The number of nitrogens with two attached hydrogens (primary N) is 1. The molecule has 30 heavy (non-hydrogen) atoms. The summed E-state index contributed by atoms with van der Waals surface area (Å²) in [6, 6.07) is 14.4. The van der Waals surface area contributed by atoms with Crippen molar-refractivity contribution in [2.24, 2.45) is 11.7 Å². The largest absolute Gasteiger partial charge is 0.465 e. The number of ether oxygens (including phenoxy) is 1. The molecule has 158 valence electrons. The van der Waals surface area contributed by atoms with Crippen LogP contribution in [-0.4, -0.2) is 24.1 Å². The molecular formula is C23H27N3O3S. The van der Waals surface area contributed by atoms with Crippen LogP contribution >= 0.6 is 12.2 Å². The number of aryl methyl sites for hydroxylation is 1. The molecule has 2 aromatic rings. The Morgan fingerprint density at radius 2 is 1.63 bits per heavy atom. The maximum absolute atomic E-state index is 13.7. The number of thiocarbonyl (C=S) groups is 1. The van der Waals surface area contributed by atoms with E-state index in [4.69, 9.17) is 22.7 Å². The fourth-order valence-corrected chi connectivity index (χ4v) is 4.03. The number of hydrogen-bond donors (Lipinski definition) is 1. The zero-order valence-electron chi connectivity index (χ0n) is 17.3. The zero-order valence-corrected chi connectivity index (χ0v) is 18.2. The highest BCUT2D eigenvalue weighted by Crippen LogP contribution is 2.32. The number of hydrazine groups is 1. The Balaban J connectivity index is 2.06. The predicted molar refractivity (Wildman–Crippen MR) is 122 cm³/mol. The standard InChI is InChI=1S/C23H27N3O3S/c1-16-8-6-7-11-20(16)26(21(27)17-9-4-3-5-10-17)25(23(24)30)19-14-12-18(13-15-19)22(28)29-2/h6-8,11-15,17H,3-5,9-10H2,1-2H3,(H2,24,30). The molecule has 1 saturated carbocycles. The van der Waals surface area contributed by atoms with Crippen LogP contribution in [0.25, 0.3) is 0 Å². The molecule has 0 radical (unpaired) electrons. The third-order valence-corrected chi connectivity index (χ3v) is 5.62. The van der Waals surface area contributed by atoms with Crippen LogP contribution in [0.2, 0.25) is 0 Å². The number of esters is 1. The summed E-state index contributed by atoms with van der Waals surface area (Å²) in [5, 5.41) is 3.20. The van der Waals surface area contributed by atoms with Crippen molar-refractivity contribution in [3.8, 4) is 0 Å². The van der Waals surface area contributed by atoms with Crippen LogP contribution in [0.5, 0.6) is 0 Å². The molecule has 1 amide bonds. The summed E-state index contributed by atoms with van der Waals surface area (Å²) < 4.78 is 4.77. The zero-order chi connectivity index (χ0) is 21.7. The van der Waals surface area contributed by atoms with Gasteiger partial charge in [0.25, 0.3) is 0 Å². The van der Waals surface area contributed by atoms with Gasteiger partial charge in [0.1, 0.15) is 0 Å². The summed E-state index contributed by atoms with van der Waals surface area (Å²) in [6.07, 6.45) is 4.95. The van der Waals surface area contributed by atoms with E-state index in [9.17, 15) is 9.59 Å². The Kier molecular flexibility index (Phi) is 7.05. The molecule has 0 bridgehead atoms. The van der Waals surface area contributed by atoms with Crippen molar-refractivity contribution >= 4 is 40.6 Å². The molecule has 0 spiro atoms. The van der Waals surface area contributed by atoms with Gasteiger partial charge in [0.05, 0.1) is 24.0 Å². The second-order valence-corrected chi connectivity index (χ2v) is 7.88. The second-order valence-electron chi connectivity index (χ2n) is 7.46. The molecule has 0 atom stereocenters. The first kappa shape index (κ1) is 21.8. The van der Waals surface area contributed by atoms with E-state index < -0.39 is 5.97 Å². The van der Waals surface area contributed by atoms with E-state index in [1.807, 2.05) is 31.2 Å². The Morgan fingerprint density at radius 1 is 1.00 bits per heavy atom. The molecule has 3 rings (SSSR count). The minimum absolute atomic E-state index is 0.0196. The quantitative estimate of drug-likeness (QED) is 0.446. The molecule has 2 aromatic carbocycles. The summed E-state index contributed by atoms with van der Waals surface area (Å²) >= 11 is 5.36. The molecule has 0 aliphatic heterocycles. The van der Waals surface area contributed by atoms with E-state index in [0.717, 1.165) is 43.4 Å². The number of rotatable bonds is 4. The lowest BCUT2D eigenvalue weighted by Crippen LogP contribution is -2.55. The summed E-state index contributed by atoms with van der Waals surface area (Å²) in [4.78, 5) is 25.5. The first-order chi connectivity index (χ1) is 14.4. The van der Waals surface area contributed by atoms with Crippen molar-refractivity contribution in [1.29, 1.82) is 0 Å². The molecule has 1 aliphatic carbocycles. The van der Waals surface area contributed by atoms with Gasteiger partial charge in [-0.3, -0.25) is 4.79 Å². The highest BCUT2D eigenvalue weighted by atomic mass is 32.1. The van der Waals surface area contributed by atoms with Crippen LogP contribution in [0.3, 0.4) is 0 Å². The molecule has 0 unspecified atom stereocenters. The van der Waals surface area contributed by atoms with Crippen LogP contribution < -0.4 is 15.8 Å². The molecule has 0 saturated heterocycles. The molecule has 0 aromatic heterocycles. The Bertz CT molecular complexity index is 924. The summed E-state index contributed by atoms with van der Waals surface area (Å²) in [6.45, 7) is 1.95. The van der Waals surface area contributed by atoms with Crippen LogP contribution in [0.15, 0.2) is 48.5 Å². The normalized spacial score (nSPS) is 14.1. The number of nitrogens with zero attached hydrogens (tertiary/aromatic N) is 2. The third-order valence-electron chi connectivity index (χ3n) is 5.45. The topological polar surface area (TPSA) is 75.9 Å².